The highest BCUT2D eigenvalue weighted by Crippen LogP contribution is 2.33. The predicted octanol–water partition coefficient (Wildman–Crippen LogP) is 2.50. The highest BCUT2D eigenvalue weighted by atomic mass is 32.1. The third-order valence-corrected chi connectivity index (χ3v) is 5.63. The topological polar surface area (TPSA) is 60.2 Å². The van der Waals surface area contributed by atoms with Crippen molar-refractivity contribution in [1.82, 2.24) is 14.8 Å². The summed E-state index contributed by atoms with van der Waals surface area (Å²) in [6, 6.07) is 10.7. The number of amides is 1. The second-order valence-electron chi connectivity index (χ2n) is 6.37. The zero-order valence-electron chi connectivity index (χ0n) is 13.3. The van der Waals surface area contributed by atoms with Gasteiger partial charge in [-0.1, -0.05) is 12.1 Å². The number of nitriles is 1. The van der Waals surface area contributed by atoms with E-state index >= 15 is 0 Å². The molecule has 2 aliphatic heterocycles. The summed E-state index contributed by atoms with van der Waals surface area (Å²) in [5, 5.41) is 10.9. The van der Waals surface area contributed by atoms with Gasteiger partial charge < -0.3 is 4.90 Å². The summed E-state index contributed by atoms with van der Waals surface area (Å²) >= 11 is 1.46. The third-order valence-electron chi connectivity index (χ3n) is 5.05. The van der Waals surface area contributed by atoms with Crippen LogP contribution in [0.3, 0.4) is 0 Å². The van der Waals surface area contributed by atoms with E-state index < -0.39 is 0 Å². The van der Waals surface area contributed by atoms with Crippen molar-refractivity contribution >= 4 is 17.2 Å². The molecule has 0 saturated carbocycles. The van der Waals surface area contributed by atoms with Crippen molar-refractivity contribution in [2.45, 2.75) is 31.5 Å². The van der Waals surface area contributed by atoms with E-state index in [1.807, 2.05) is 28.5 Å². The van der Waals surface area contributed by atoms with E-state index in [2.05, 4.69) is 22.0 Å². The first-order chi connectivity index (χ1) is 11.8. The molecule has 0 spiro atoms. The van der Waals surface area contributed by atoms with E-state index in [1.165, 1.54) is 16.9 Å². The van der Waals surface area contributed by atoms with Gasteiger partial charge in [-0.15, -0.1) is 11.3 Å². The maximum Gasteiger partial charge on any atom is 0.273 e. The first-order valence-electron chi connectivity index (χ1n) is 8.18. The molecule has 122 valence electrons. The Balaban J connectivity index is 1.46. The van der Waals surface area contributed by atoms with E-state index in [4.69, 9.17) is 5.26 Å². The van der Waals surface area contributed by atoms with Crippen LogP contribution in [0.5, 0.6) is 0 Å². The van der Waals surface area contributed by atoms with Crippen LogP contribution < -0.4 is 0 Å². The highest BCUT2D eigenvalue weighted by Gasteiger charge is 2.44. The Bertz CT molecular complexity index is 783. The van der Waals surface area contributed by atoms with Crippen molar-refractivity contribution in [2.24, 2.45) is 0 Å². The fraction of sp³-hybridized carbons (Fsp3) is 0.389. The van der Waals surface area contributed by atoms with Gasteiger partial charge in [0.05, 0.1) is 17.1 Å². The minimum absolute atomic E-state index is 0.0667. The van der Waals surface area contributed by atoms with Gasteiger partial charge >= 0.3 is 0 Å². The summed E-state index contributed by atoms with van der Waals surface area (Å²) in [6.07, 6.45) is 2.02. The second kappa shape index (κ2) is 6.34. The van der Waals surface area contributed by atoms with Crippen molar-refractivity contribution in [3.05, 3.63) is 52.0 Å². The molecule has 0 N–H and O–H groups in total. The molecule has 1 amide bonds. The van der Waals surface area contributed by atoms with E-state index in [0.717, 1.165) is 32.5 Å². The summed E-state index contributed by atoms with van der Waals surface area (Å²) < 4.78 is 0. The Hall–Kier alpha value is -2.23. The smallest absolute Gasteiger partial charge is 0.273 e. The number of nitrogens with zero attached hydrogens (tertiary/aromatic N) is 4. The van der Waals surface area contributed by atoms with Gasteiger partial charge in [0.2, 0.25) is 0 Å². The lowest BCUT2D eigenvalue weighted by Crippen LogP contribution is -2.39. The number of likely N-dealkylation sites (tertiary alicyclic amines) is 2. The SMILES string of the molecule is N#Cc1cccc(CN2CC[C@H]3[C@H]2CCN3C(=O)c2cscn2)c1. The van der Waals surface area contributed by atoms with Crippen molar-refractivity contribution < 1.29 is 4.79 Å². The van der Waals surface area contributed by atoms with Crippen LogP contribution in [-0.2, 0) is 6.54 Å². The molecule has 0 bridgehead atoms. The normalized spacial score (nSPS) is 23.2. The molecule has 3 heterocycles. The third kappa shape index (κ3) is 2.70. The maximum atomic E-state index is 12.6. The number of carbonyl (C=O) groups is 1. The van der Waals surface area contributed by atoms with Crippen LogP contribution in [0.25, 0.3) is 0 Å². The molecule has 2 aliphatic rings. The number of hydrogen-bond acceptors (Lipinski definition) is 5. The lowest BCUT2D eigenvalue weighted by molar-refractivity contribution is 0.0727. The summed E-state index contributed by atoms with van der Waals surface area (Å²) in [6.45, 7) is 2.64. The van der Waals surface area contributed by atoms with Crippen molar-refractivity contribution in [3.8, 4) is 6.07 Å². The van der Waals surface area contributed by atoms with Crippen LogP contribution in [0.2, 0.25) is 0 Å². The molecular weight excluding hydrogens is 320 g/mol. The lowest BCUT2D eigenvalue weighted by Gasteiger charge is -2.25. The average Bonchev–Trinajstić information content (AvgIpc) is 3.33. The molecule has 1 aromatic heterocycles. The molecule has 2 fully saturated rings. The van der Waals surface area contributed by atoms with Crippen LogP contribution in [0.1, 0.15) is 34.5 Å². The van der Waals surface area contributed by atoms with Gasteiger partial charge in [-0.05, 0) is 30.5 Å². The van der Waals surface area contributed by atoms with Crippen LogP contribution in [0, 0.1) is 11.3 Å². The number of fused-ring (bicyclic) bond motifs is 1. The van der Waals surface area contributed by atoms with Crippen LogP contribution >= 0.6 is 11.3 Å². The van der Waals surface area contributed by atoms with Crippen LogP contribution in [0.15, 0.2) is 35.2 Å². The van der Waals surface area contributed by atoms with Gasteiger partial charge in [0.15, 0.2) is 0 Å². The van der Waals surface area contributed by atoms with Crippen molar-refractivity contribution in [1.29, 1.82) is 5.26 Å². The number of carbonyl (C=O) groups excluding carboxylic acids is 1. The average molecular weight is 338 g/mol. The molecule has 2 atom stereocenters. The molecular formula is C18H18N4OS. The maximum absolute atomic E-state index is 12.6. The molecule has 24 heavy (non-hydrogen) atoms. The quantitative estimate of drug-likeness (QED) is 0.863. The van der Waals surface area contributed by atoms with Gasteiger partial charge in [-0.25, -0.2) is 4.98 Å². The van der Waals surface area contributed by atoms with Gasteiger partial charge in [-0.2, -0.15) is 5.26 Å². The van der Waals surface area contributed by atoms with Gasteiger partial charge in [0, 0.05) is 37.1 Å². The number of thiazole rings is 1. The zero-order chi connectivity index (χ0) is 16.5. The monoisotopic (exact) mass is 338 g/mol. The Morgan fingerprint density at radius 3 is 3.00 bits per heavy atom. The van der Waals surface area contributed by atoms with Crippen molar-refractivity contribution in [3.63, 3.8) is 0 Å². The summed E-state index contributed by atoms with van der Waals surface area (Å²) in [5.41, 5.74) is 4.15. The molecule has 4 rings (SSSR count). The molecule has 1 aromatic carbocycles. The Kier molecular flexibility index (Phi) is 4.05. The van der Waals surface area contributed by atoms with Gasteiger partial charge in [0.25, 0.3) is 5.91 Å². The molecule has 0 aliphatic carbocycles. The summed E-state index contributed by atoms with van der Waals surface area (Å²) in [7, 11) is 0. The first-order valence-corrected chi connectivity index (χ1v) is 9.13. The summed E-state index contributed by atoms with van der Waals surface area (Å²) in [5.74, 6) is 0.0667. The Labute approximate surface area is 145 Å². The highest BCUT2D eigenvalue weighted by molar-refractivity contribution is 7.07. The minimum Gasteiger partial charge on any atom is -0.333 e. The predicted molar refractivity (Wildman–Crippen MR) is 91.5 cm³/mol. The zero-order valence-corrected chi connectivity index (χ0v) is 14.1. The van der Waals surface area contributed by atoms with E-state index in [-0.39, 0.29) is 5.91 Å². The first kappa shape index (κ1) is 15.3. The number of aromatic nitrogens is 1. The molecule has 6 heteroatoms. The number of benzene rings is 1. The van der Waals surface area contributed by atoms with Crippen molar-refractivity contribution in [2.75, 3.05) is 13.1 Å². The summed E-state index contributed by atoms with van der Waals surface area (Å²) in [4.78, 5) is 21.2. The van der Waals surface area contributed by atoms with E-state index in [0.29, 0.717) is 23.3 Å². The number of hydrogen-bond donors (Lipinski definition) is 0. The molecule has 0 radical (unpaired) electrons. The Morgan fingerprint density at radius 2 is 2.21 bits per heavy atom. The lowest BCUT2D eigenvalue weighted by atomic mass is 10.1. The van der Waals surface area contributed by atoms with Gasteiger partial charge in [0.1, 0.15) is 5.69 Å². The van der Waals surface area contributed by atoms with Crippen LogP contribution in [0.4, 0.5) is 0 Å². The van der Waals surface area contributed by atoms with E-state index in [9.17, 15) is 4.79 Å². The fourth-order valence-electron chi connectivity index (χ4n) is 3.96. The van der Waals surface area contributed by atoms with E-state index in [1.54, 1.807) is 5.51 Å². The molecule has 0 unspecified atom stereocenters. The fourth-order valence-corrected chi connectivity index (χ4v) is 4.49. The van der Waals surface area contributed by atoms with Crippen LogP contribution in [-0.4, -0.2) is 45.9 Å². The second-order valence-corrected chi connectivity index (χ2v) is 7.09. The number of rotatable bonds is 3. The molecule has 5 nitrogen and oxygen atoms in total. The Morgan fingerprint density at radius 1 is 1.33 bits per heavy atom. The minimum atomic E-state index is 0.0667. The largest absolute Gasteiger partial charge is 0.333 e. The standard InChI is InChI=1S/C18H18N4OS/c19-9-13-2-1-3-14(8-13)10-21-6-4-17-16(21)5-7-22(17)18(23)15-11-24-12-20-15/h1-3,8,11-12,16-17H,4-7,10H2/t16-,17+/m1/s1. The molecule has 2 aromatic rings. The molecule has 2 saturated heterocycles. The van der Waals surface area contributed by atoms with Gasteiger partial charge in [-0.3, -0.25) is 9.69 Å².